The molecule has 0 aliphatic carbocycles. The van der Waals surface area contributed by atoms with Gasteiger partial charge in [-0.15, -0.1) is 0 Å². The lowest BCUT2D eigenvalue weighted by Gasteiger charge is -2.23. The molecule has 33 heavy (non-hydrogen) atoms. The Hall–Kier alpha value is -3.61. The minimum Gasteiger partial charge on any atom is -0.361 e. The Balaban J connectivity index is 1.61. The van der Waals surface area contributed by atoms with Crippen molar-refractivity contribution in [3.63, 3.8) is 0 Å². The number of nitrogens with one attached hydrogen (secondary N) is 1. The number of benzene rings is 3. The highest BCUT2D eigenvalue weighted by Gasteiger charge is 2.25. The van der Waals surface area contributed by atoms with Crippen LogP contribution in [0.4, 0.5) is 5.69 Å². The van der Waals surface area contributed by atoms with Crippen LogP contribution in [0.5, 0.6) is 0 Å². The molecule has 7 heteroatoms. The van der Waals surface area contributed by atoms with E-state index in [4.69, 9.17) is 22.3 Å². The van der Waals surface area contributed by atoms with E-state index < -0.39 is 0 Å². The number of H-pyrrole nitrogens is 1. The number of carbonyl (C=O) groups excluding carboxylic acids is 1. The molecule has 0 unspecified atom stereocenters. The molecular weight excluding hydrogens is 434 g/mol. The maximum absolute atomic E-state index is 14.0. The van der Waals surface area contributed by atoms with Gasteiger partial charge in [0.15, 0.2) is 0 Å². The van der Waals surface area contributed by atoms with Crippen LogP contribution in [0.1, 0.15) is 22.6 Å². The molecule has 3 N–H and O–H groups in total. The number of amides is 1. The van der Waals surface area contributed by atoms with Crippen molar-refractivity contribution in [2.24, 2.45) is 5.73 Å². The standard InChI is InChI=1S/C26H24ClN5O/c27-20-7-9-23-24(16-20)32(17-18-5-2-1-3-6-18)25(30-23)26(33)31(14-4-12-28)21-8-10-22-19(15-21)11-13-29-22/h1-3,5-11,13,15-16,29H,4,12,14,17,28H2. The van der Waals surface area contributed by atoms with E-state index in [0.717, 1.165) is 33.2 Å². The van der Waals surface area contributed by atoms with Crippen LogP contribution in [0.15, 0.2) is 79.0 Å². The average Bonchev–Trinajstić information content (AvgIpc) is 3.44. The number of aromatic nitrogens is 3. The lowest BCUT2D eigenvalue weighted by atomic mass is 10.2. The number of rotatable bonds is 7. The minimum atomic E-state index is -0.165. The lowest BCUT2D eigenvalue weighted by molar-refractivity contribution is 0.0973. The fraction of sp³-hybridized carbons (Fsp3) is 0.154. The first-order chi connectivity index (χ1) is 16.1. The first-order valence-corrected chi connectivity index (χ1v) is 11.3. The molecule has 6 nitrogen and oxygen atoms in total. The minimum absolute atomic E-state index is 0.165. The molecule has 0 bridgehead atoms. The molecule has 0 atom stereocenters. The van der Waals surface area contributed by atoms with E-state index in [-0.39, 0.29) is 5.91 Å². The van der Waals surface area contributed by atoms with Crippen molar-refractivity contribution in [3.8, 4) is 0 Å². The first-order valence-electron chi connectivity index (χ1n) is 10.9. The number of hydrogen-bond acceptors (Lipinski definition) is 3. The zero-order valence-corrected chi connectivity index (χ0v) is 18.8. The predicted molar refractivity (Wildman–Crippen MR) is 134 cm³/mol. The van der Waals surface area contributed by atoms with Gasteiger partial charge in [-0.05, 0) is 61.0 Å². The monoisotopic (exact) mass is 457 g/mol. The largest absolute Gasteiger partial charge is 0.361 e. The van der Waals surface area contributed by atoms with Gasteiger partial charge >= 0.3 is 0 Å². The van der Waals surface area contributed by atoms with E-state index >= 15 is 0 Å². The number of anilines is 1. The molecule has 2 heterocycles. The summed E-state index contributed by atoms with van der Waals surface area (Å²) in [6, 6.07) is 23.5. The Bertz CT molecular complexity index is 1420. The van der Waals surface area contributed by atoms with Crippen LogP contribution in [0.3, 0.4) is 0 Å². The van der Waals surface area contributed by atoms with E-state index in [2.05, 4.69) is 4.98 Å². The Kier molecular flexibility index (Phi) is 5.86. The third kappa shape index (κ3) is 4.23. The summed E-state index contributed by atoms with van der Waals surface area (Å²) in [6.07, 6.45) is 2.57. The topological polar surface area (TPSA) is 79.9 Å². The zero-order chi connectivity index (χ0) is 22.8. The van der Waals surface area contributed by atoms with Crippen molar-refractivity contribution in [2.75, 3.05) is 18.0 Å². The van der Waals surface area contributed by atoms with Crippen molar-refractivity contribution in [1.29, 1.82) is 0 Å². The third-order valence-electron chi connectivity index (χ3n) is 5.76. The molecule has 5 rings (SSSR count). The number of hydrogen-bond donors (Lipinski definition) is 2. The molecular formula is C26H24ClN5O. The molecule has 2 aromatic heterocycles. The summed E-state index contributed by atoms with van der Waals surface area (Å²) < 4.78 is 1.95. The van der Waals surface area contributed by atoms with Crippen LogP contribution in [-0.4, -0.2) is 33.5 Å². The average molecular weight is 458 g/mol. The van der Waals surface area contributed by atoms with Crippen LogP contribution in [0.25, 0.3) is 21.9 Å². The van der Waals surface area contributed by atoms with E-state index in [1.165, 1.54) is 0 Å². The van der Waals surface area contributed by atoms with Gasteiger partial charge in [-0.3, -0.25) is 4.79 Å². The molecule has 0 saturated heterocycles. The second-order valence-electron chi connectivity index (χ2n) is 7.99. The number of imidazole rings is 1. The van der Waals surface area contributed by atoms with Crippen LogP contribution >= 0.6 is 11.6 Å². The van der Waals surface area contributed by atoms with Gasteiger partial charge in [0.25, 0.3) is 5.91 Å². The molecule has 0 radical (unpaired) electrons. The molecule has 1 amide bonds. The molecule has 3 aromatic carbocycles. The molecule has 0 aliphatic rings. The predicted octanol–water partition coefficient (Wildman–Crippen LogP) is 5.21. The Labute approximate surface area is 196 Å². The second-order valence-corrected chi connectivity index (χ2v) is 8.42. The molecule has 166 valence electrons. The number of carbonyl (C=O) groups is 1. The summed E-state index contributed by atoms with van der Waals surface area (Å²) in [5.41, 5.74) is 10.3. The van der Waals surface area contributed by atoms with Crippen molar-refractivity contribution >= 4 is 45.1 Å². The first kappa shape index (κ1) is 21.2. The van der Waals surface area contributed by atoms with Crippen molar-refractivity contribution in [1.82, 2.24) is 14.5 Å². The van der Waals surface area contributed by atoms with Gasteiger partial charge < -0.3 is 20.2 Å². The molecule has 0 saturated carbocycles. The Morgan fingerprint density at radius 1 is 1.06 bits per heavy atom. The van der Waals surface area contributed by atoms with Crippen molar-refractivity contribution < 1.29 is 4.79 Å². The van der Waals surface area contributed by atoms with Gasteiger partial charge in [0.05, 0.1) is 11.0 Å². The van der Waals surface area contributed by atoms with Gasteiger partial charge in [-0.1, -0.05) is 41.9 Å². The van der Waals surface area contributed by atoms with Crippen molar-refractivity contribution in [2.45, 2.75) is 13.0 Å². The summed E-state index contributed by atoms with van der Waals surface area (Å²) in [5, 5.41) is 1.65. The van der Waals surface area contributed by atoms with Crippen LogP contribution in [0.2, 0.25) is 5.02 Å². The number of halogens is 1. The van der Waals surface area contributed by atoms with Gasteiger partial charge in [-0.2, -0.15) is 0 Å². The van der Waals surface area contributed by atoms with E-state index in [9.17, 15) is 4.79 Å². The molecule has 0 aliphatic heterocycles. The number of fused-ring (bicyclic) bond motifs is 2. The zero-order valence-electron chi connectivity index (χ0n) is 18.0. The highest BCUT2D eigenvalue weighted by Crippen LogP contribution is 2.26. The molecule has 5 aromatic rings. The van der Waals surface area contributed by atoms with Crippen LogP contribution in [0, 0.1) is 0 Å². The highest BCUT2D eigenvalue weighted by molar-refractivity contribution is 6.31. The van der Waals surface area contributed by atoms with Gasteiger partial charge in [0.2, 0.25) is 5.82 Å². The maximum atomic E-state index is 14.0. The second kappa shape index (κ2) is 9.10. The summed E-state index contributed by atoms with van der Waals surface area (Å²) in [4.78, 5) is 23.6. The fourth-order valence-electron chi connectivity index (χ4n) is 4.11. The summed E-state index contributed by atoms with van der Waals surface area (Å²) in [7, 11) is 0. The third-order valence-corrected chi connectivity index (χ3v) is 6.00. The molecule has 0 spiro atoms. The summed E-state index contributed by atoms with van der Waals surface area (Å²) in [6.45, 7) is 1.51. The number of nitrogens with two attached hydrogens (primary N) is 1. The van der Waals surface area contributed by atoms with Gasteiger partial charge in [0.1, 0.15) is 0 Å². The Morgan fingerprint density at radius 2 is 1.91 bits per heavy atom. The van der Waals surface area contributed by atoms with Crippen molar-refractivity contribution in [3.05, 3.63) is 95.4 Å². The normalized spacial score (nSPS) is 11.3. The maximum Gasteiger partial charge on any atom is 0.294 e. The van der Waals surface area contributed by atoms with E-state index in [0.29, 0.717) is 36.9 Å². The molecule has 0 fully saturated rings. The number of nitrogens with zero attached hydrogens (tertiary/aromatic N) is 3. The van der Waals surface area contributed by atoms with Crippen LogP contribution in [-0.2, 0) is 6.54 Å². The smallest absolute Gasteiger partial charge is 0.294 e. The summed E-state index contributed by atoms with van der Waals surface area (Å²) in [5.74, 6) is 0.212. The van der Waals surface area contributed by atoms with Gasteiger partial charge in [0, 0.05) is 40.9 Å². The quantitative estimate of drug-likeness (QED) is 0.352. The highest BCUT2D eigenvalue weighted by atomic mass is 35.5. The number of aromatic amines is 1. The SMILES string of the molecule is NCCCN(C(=O)c1nc2ccc(Cl)cc2n1Cc1ccccc1)c1ccc2[nH]ccc2c1. The van der Waals surface area contributed by atoms with E-state index in [1.807, 2.05) is 77.5 Å². The lowest BCUT2D eigenvalue weighted by Crippen LogP contribution is -2.35. The van der Waals surface area contributed by atoms with Gasteiger partial charge in [-0.25, -0.2) is 4.98 Å². The van der Waals surface area contributed by atoms with Crippen LogP contribution < -0.4 is 10.6 Å². The fourth-order valence-corrected chi connectivity index (χ4v) is 4.28. The Morgan fingerprint density at radius 3 is 2.73 bits per heavy atom. The van der Waals surface area contributed by atoms with E-state index in [1.54, 1.807) is 11.0 Å². The summed E-state index contributed by atoms with van der Waals surface area (Å²) >= 11 is 6.30.